The quantitative estimate of drug-likeness (QED) is 0.370. The highest BCUT2D eigenvalue weighted by molar-refractivity contribution is 7.91. The van der Waals surface area contributed by atoms with Crippen molar-refractivity contribution in [2.24, 2.45) is 5.10 Å². The van der Waals surface area contributed by atoms with Crippen LogP contribution in [-0.4, -0.2) is 19.6 Å². The highest BCUT2D eigenvalue weighted by Crippen LogP contribution is 2.32. The Balaban J connectivity index is 1.70. The number of alkyl halides is 3. The zero-order valence-corrected chi connectivity index (χ0v) is 18.0. The molecule has 0 aliphatic rings. The van der Waals surface area contributed by atoms with Crippen LogP contribution in [0.4, 0.5) is 13.2 Å². The van der Waals surface area contributed by atoms with Crippen LogP contribution >= 0.6 is 34.5 Å². The summed E-state index contributed by atoms with van der Waals surface area (Å²) in [6.45, 7) is 0. The topological polar surface area (TPSA) is 71.4 Å². The Kier molecular flexibility index (Phi) is 6.71. The number of hydrazone groups is 1. The third kappa shape index (κ3) is 5.72. The highest BCUT2D eigenvalue weighted by atomic mass is 35.5. The maximum atomic E-state index is 12.7. The molecule has 1 aromatic carbocycles. The van der Waals surface area contributed by atoms with Gasteiger partial charge in [0, 0.05) is 22.5 Å². The molecule has 3 aromatic rings. The van der Waals surface area contributed by atoms with Crippen molar-refractivity contribution in [2.45, 2.75) is 16.8 Å². The number of thiophene rings is 1. The van der Waals surface area contributed by atoms with Gasteiger partial charge in [-0.3, -0.25) is 4.98 Å². The van der Waals surface area contributed by atoms with E-state index in [0.717, 1.165) is 17.4 Å². The Bertz CT molecular complexity index is 1180. The molecule has 30 heavy (non-hydrogen) atoms. The lowest BCUT2D eigenvalue weighted by Crippen LogP contribution is -2.17. The van der Waals surface area contributed by atoms with Crippen molar-refractivity contribution in [3.63, 3.8) is 0 Å². The maximum Gasteiger partial charge on any atom is 0.417 e. The van der Waals surface area contributed by atoms with Crippen LogP contribution < -0.4 is 4.83 Å². The third-order valence-corrected chi connectivity index (χ3v) is 7.12. The second-order valence-corrected chi connectivity index (χ2v) is 9.85. The molecule has 0 saturated heterocycles. The van der Waals surface area contributed by atoms with Gasteiger partial charge in [0.05, 0.1) is 22.5 Å². The molecule has 5 nitrogen and oxygen atoms in total. The van der Waals surface area contributed by atoms with Gasteiger partial charge in [0.15, 0.2) is 0 Å². The minimum atomic E-state index is -4.54. The van der Waals surface area contributed by atoms with Crippen LogP contribution in [-0.2, 0) is 22.6 Å². The van der Waals surface area contributed by atoms with Crippen molar-refractivity contribution in [3.05, 3.63) is 80.4 Å². The molecule has 0 atom stereocenters. The van der Waals surface area contributed by atoms with E-state index < -0.39 is 21.8 Å². The van der Waals surface area contributed by atoms with E-state index in [2.05, 4.69) is 14.9 Å². The van der Waals surface area contributed by atoms with Gasteiger partial charge >= 0.3 is 6.18 Å². The largest absolute Gasteiger partial charge is 0.417 e. The summed E-state index contributed by atoms with van der Waals surface area (Å²) in [6.07, 6.45) is -2.43. The lowest BCUT2D eigenvalue weighted by atomic mass is 10.2. The number of hydrogen-bond donors (Lipinski definition) is 1. The molecule has 12 heteroatoms. The minimum absolute atomic E-state index is 0.00575. The molecular weight excluding hydrogens is 482 g/mol. The van der Waals surface area contributed by atoms with Crippen molar-refractivity contribution in [3.8, 4) is 0 Å². The SMILES string of the molecule is O=S(=O)(N/N=C\c1ccc(Cl)cc1)c1ccc(Cc2ncc(C(F)(F)F)cc2Cl)s1. The molecule has 158 valence electrons. The van der Waals surface area contributed by atoms with E-state index in [1.807, 2.05) is 0 Å². The number of nitrogens with one attached hydrogen (secondary N) is 1. The van der Waals surface area contributed by atoms with Crippen molar-refractivity contribution in [2.75, 3.05) is 0 Å². The van der Waals surface area contributed by atoms with E-state index in [4.69, 9.17) is 23.2 Å². The number of pyridine rings is 1. The molecule has 0 aliphatic heterocycles. The Labute approximate surface area is 184 Å². The van der Waals surface area contributed by atoms with Gasteiger partial charge in [-0.2, -0.15) is 31.5 Å². The third-order valence-electron chi connectivity index (χ3n) is 3.74. The number of sulfonamides is 1. The predicted molar refractivity (Wildman–Crippen MR) is 111 cm³/mol. The molecular formula is C18H12Cl2F3N3O2S2. The van der Waals surface area contributed by atoms with Gasteiger partial charge in [-0.25, -0.2) is 0 Å². The summed E-state index contributed by atoms with van der Waals surface area (Å²) in [5, 5.41) is 4.12. The number of aromatic nitrogens is 1. The summed E-state index contributed by atoms with van der Waals surface area (Å²) < 4.78 is 62.8. The first-order chi connectivity index (χ1) is 14.0. The maximum absolute atomic E-state index is 12.7. The summed E-state index contributed by atoms with van der Waals surface area (Å²) in [5.41, 5.74) is -0.0883. The predicted octanol–water partition coefficient (Wildman–Crippen LogP) is 5.37. The smallest absolute Gasteiger partial charge is 0.259 e. The molecule has 2 aromatic heterocycles. The summed E-state index contributed by atoms with van der Waals surface area (Å²) >= 11 is 12.6. The average Bonchev–Trinajstić information content (AvgIpc) is 3.14. The summed E-state index contributed by atoms with van der Waals surface area (Å²) in [6, 6.07) is 10.3. The number of benzene rings is 1. The van der Waals surface area contributed by atoms with Crippen LogP contribution in [0.3, 0.4) is 0 Å². The lowest BCUT2D eigenvalue weighted by Gasteiger charge is -2.08. The van der Waals surface area contributed by atoms with Gasteiger partial charge in [-0.15, -0.1) is 11.3 Å². The number of rotatable bonds is 6. The normalized spacial score (nSPS) is 12.4. The number of hydrogen-bond acceptors (Lipinski definition) is 5. The zero-order valence-electron chi connectivity index (χ0n) is 14.8. The van der Waals surface area contributed by atoms with Gasteiger partial charge in [0.25, 0.3) is 10.0 Å². The average molecular weight is 494 g/mol. The van der Waals surface area contributed by atoms with Crippen LogP contribution in [0.1, 0.15) is 21.7 Å². The molecule has 0 amide bonds. The lowest BCUT2D eigenvalue weighted by molar-refractivity contribution is -0.137. The zero-order chi connectivity index (χ0) is 21.9. The summed E-state index contributed by atoms with van der Waals surface area (Å²) in [5.74, 6) is 0. The first kappa shape index (κ1) is 22.5. The molecule has 0 radical (unpaired) electrons. The van der Waals surface area contributed by atoms with E-state index in [9.17, 15) is 21.6 Å². The van der Waals surface area contributed by atoms with Crippen LogP contribution in [0, 0.1) is 0 Å². The van der Waals surface area contributed by atoms with Crippen molar-refractivity contribution < 1.29 is 21.6 Å². The molecule has 0 unspecified atom stereocenters. The molecule has 1 N–H and O–H groups in total. The first-order valence-corrected chi connectivity index (χ1v) is 11.2. The summed E-state index contributed by atoms with van der Waals surface area (Å²) in [4.78, 5) is 6.42. The van der Waals surface area contributed by atoms with E-state index in [-0.39, 0.29) is 21.3 Å². The Morgan fingerprint density at radius 1 is 1.13 bits per heavy atom. The van der Waals surface area contributed by atoms with E-state index in [1.54, 1.807) is 24.3 Å². The molecule has 0 saturated carbocycles. The number of halogens is 5. The Morgan fingerprint density at radius 2 is 1.83 bits per heavy atom. The van der Waals surface area contributed by atoms with E-state index in [1.165, 1.54) is 18.3 Å². The minimum Gasteiger partial charge on any atom is -0.259 e. The van der Waals surface area contributed by atoms with Gasteiger partial charge in [0.1, 0.15) is 4.21 Å². The van der Waals surface area contributed by atoms with Gasteiger partial charge in [-0.1, -0.05) is 35.3 Å². The molecule has 0 aliphatic carbocycles. The highest BCUT2D eigenvalue weighted by Gasteiger charge is 2.31. The number of nitrogens with zero attached hydrogens (tertiary/aromatic N) is 2. The van der Waals surface area contributed by atoms with Crippen molar-refractivity contribution in [1.29, 1.82) is 0 Å². The second kappa shape index (κ2) is 8.93. The van der Waals surface area contributed by atoms with Crippen LogP contribution in [0.25, 0.3) is 0 Å². The van der Waals surface area contributed by atoms with Crippen LogP contribution in [0.15, 0.2) is 58.0 Å². The molecule has 0 bridgehead atoms. The molecule has 3 rings (SSSR count). The Hall–Kier alpha value is -2.14. The summed E-state index contributed by atoms with van der Waals surface area (Å²) in [7, 11) is -3.90. The van der Waals surface area contributed by atoms with Crippen molar-refractivity contribution in [1.82, 2.24) is 9.82 Å². The standard InChI is InChI=1S/C18H12Cl2F3N3O2S2/c19-13-3-1-11(2-4-13)9-25-26-30(27,28)17-6-5-14(29-17)8-16-15(20)7-12(10-24-16)18(21,22)23/h1-7,9-10,26H,8H2/b25-9-. The molecule has 2 heterocycles. The van der Waals surface area contributed by atoms with Gasteiger partial charge < -0.3 is 0 Å². The van der Waals surface area contributed by atoms with Gasteiger partial charge in [-0.05, 0) is 35.9 Å². The molecule has 0 spiro atoms. The first-order valence-electron chi connectivity index (χ1n) is 8.15. The second-order valence-electron chi connectivity index (χ2n) is 5.95. The Morgan fingerprint density at radius 3 is 2.47 bits per heavy atom. The van der Waals surface area contributed by atoms with Gasteiger partial charge in [0.2, 0.25) is 0 Å². The van der Waals surface area contributed by atoms with E-state index >= 15 is 0 Å². The van der Waals surface area contributed by atoms with E-state index in [0.29, 0.717) is 21.7 Å². The fraction of sp³-hybridized carbons (Fsp3) is 0.111. The monoisotopic (exact) mass is 493 g/mol. The molecule has 0 fully saturated rings. The van der Waals surface area contributed by atoms with Crippen molar-refractivity contribution >= 4 is 50.8 Å². The van der Waals surface area contributed by atoms with Crippen LogP contribution in [0.2, 0.25) is 10.0 Å². The fourth-order valence-electron chi connectivity index (χ4n) is 2.28. The van der Waals surface area contributed by atoms with Crippen LogP contribution in [0.5, 0.6) is 0 Å². The fourth-order valence-corrected chi connectivity index (χ4v) is 4.78.